The molecule has 54 valence electrons. The monoisotopic (exact) mass is 148 g/mol. The first-order chi connectivity index (χ1) is 4.16. The highest BCUT2D eigenvalue weighted by Gasteiger charge is 1.94. The van der Waals surface area contributed by atoms with Gasteiger partial charge in [0, 0.05) is 13.6 Å². The van der Waals surface area contributed by atoms with E-state index in [0.29, 0.717) is 11.7 Å². The first kappa shape index (κ1) is 8.65. The largest absolute Gasteiger partial charge is 0.392 e. The Morgan fingerprint density at radius 1 is 1.78 bits per heavy atom. The van der Waals surface area contributed by atoms with Crippen molar-refractivity contribution in [3.8, 4) is 0 Å². The minimum absolute atomic E-state index is 0.351. The smallest absolute Gasteiger partial charge is 0.166 e. The number of thiocarbonyl (C=S) groups is 1. The highest BCUT2D eigenvalue weighted by Crippen LogP contribution is 1.73. The van der Waals surface area contributed by atoms with Crippen molar-refractivity contribution < 1.29 is 5.11 Å². The molecule has 0 unspecified atom stereocenters. The summed E-state index contributed by atoms with van der Waals surface area (Å²) < 4.78 is 0. The van der Waals surface area contributed by atoms with Gasteiger partial charge in [-0.25, -0.2) is 0 Å². The summed E-state index contributed by atoms with van der Waals surface area (Å²) in [6.45, 7) is 2.20. The Bertz CT molecular complexity index is 95.0. The van der Waals surface area contributed by atoms with E-state index in [0.717, 1.165) is 0 Å². The molecule has 0 aromatic rings. The molecule has 3 nitrogen and oxygen atoms in total. The quantitative estimate of drug-likeness (QED) is 0.460. The number of hydrogen-bond acceptors (Lipinski definition) is 2. The Kier molecular flexibility index (Phi) is 4.35. The van der Waals surface area contributed by atoms with E-state index in [2.05, 4.69) is 10.6 Å². The van der Waals surface area contributed by atoms with Crippen molar-refractivity contribution in [3.05, 3.63) is 0 Å². The fourth-order valence-electron chi connectivity index (χ4n) is 0.329. The predicted octanol–water partition coefficient (Wildman–Crippen LogP) is -0.539. The molecule has 4 heteroatoms. The maximum atomic E-state index is 8.75. The van der Waals surface area contributed by atoms with Gasteiger partial charge in [-0.3, -0.25) is 0 Å². The minimum atomic E-state index is -0.351. The van der Waals surface area contributed by atoms with Crippen LogP contribution in [0.15, 0.2) is 0 Å². The molecule has 3 N–H and O–H groups in total. The molecule has 0 aliphatic carbocycles. The Labute approximate surface area is 60.5 Å². The minimum Gasteiger partial charge on any atom is -0.392 e. The van der Waals surface area contributed by atoms with Crippen LogP contribution in [0.25, 0.3) is 0 Å². The highest BCUT2D eigenvalue weighted by molar-refractivity contribution is 7.80. The first-order valence-corrected chi connectivity index (χ1v) is 3.21. The molecular weight excluding hydrogens is 136 g/mol. The average Bonchev–Trinajstić information content (AvgIpc) is 1.83. The lowest BCUT2D eigenvalue weighted by Crippen LogP contribution is -2.36. The van der Waals surface area contributed by atoms with Crippen molar-refractivity contribution in [1.82, 2.24) is 10.6 Å². The Balaban J connectivity index is 3.17. The van der Waals surface area contributed by atoms with Crippen LogP contribution in [0.1, 0.15) is 6.92 Å². The molecule has 9 heavy (non-hydrogen) atoms. The third kappa shape index (κ3) is 5.52. The molecule has 0 aliphatic heterocycles. The third-order valence-corrected chi connectivity index (χ3v) is 1.13. The van der Waals surface area contributed by atoms with Crippen LogP contribution in [0, 0.1) is 0 Å². The molecule has 0 saturated heterocycles. The maximum absolute atomic E-state index is 8.75. The Hall–Kier alpha value is -0.350. The lowest BCUT2D eigenvalue weighted by atomic mass is 10.4. The fourth-order valence-corrected chi connectivity index (χ4v) is 0.412. The number of hydrogen-bond donors (Lipinski definition) is 3. The molecule has 0 bridgehead atoms. The van der Waals surface area contributed by atoms with Gasteiger partial charge in [0.1, 0.15) is 0 Å². The molecule has 0 spiro atoms. The third-order valence-electron chi connectivity index (χ3n) is 0.785. The van der Waals surface area contributed by atoms with Crippen LogP contribution >= 0.6 is 12.2 Å². The van der Waals surface area contributed by atoms with Gasteiger partial charge in [-0.15, -0.1) is 0 Å². The van der Waals surface area contributed by atoms with Crippen molar-refractivity contribution in [2.45, 2.75) is 13.0 Å². The lowest BCUT2D eigenvalue weighted by Gasteiger charge is -2.07. The van der Waals surface area contributed by atoms with Gasteiger partial charge in [-0.2, -0.15) is 0 Å². The second kappa shape index (κ2) is 4.52. The van der Waals surface area contributed by atoms with Crippen molar-refractivity contribution in [2.75, 3.05) is 13.6 Å². The molecule has 0 saturated carbocycles. The summed E-state index contributed by atoms with van der Waals surface area (Å²) in [7, 11) is 1.73. The molecule has 0 aromatic heterocycles. The first-order valence-electron chi connectivity index (χ1n) is 2.80. The van der Waals surface area contributed by atoms with Gasteiger partial charge in [0.25, 0.3) is 0 Å². The van der Waals surface area contributed by atoms with E-state index in [4.69, 9.17) is 17.3 Å². The lowest BCUT2D eigenvalue weighted by molar-refractivity contribution is 0.198. The molecule has 0 fully saturated rings. The van der Waals surface area contributed by atoms with Gasteiger partial charge >= 0.3 is 0 Å². The zero-order chi connectivity index (χ0) is 7.28. The van der Waals surface area contributed by atoms with E-state index >= 15 is 0 Å². The van der Waals surface area contributed by atoms with Crippen LogP contribution in [0.2, 0.25) is 0 Å². The summed E-state index contributed by atoms with van der Waals surface area (Å²) in [5.41, 5.74) is 0. The van der Waals surface area contributed by atoms with Crippen LogP contribution in [-0.2, 0) is 0 Å². The van der Waals surface area contributed by atoms with E-state index in [1.807, 2.05) is 0 Å². The van der Waals surface area contributed by atoms with Gasteiger partial charge in [0.2, 0.25) is 0 Å². The molecule has 1 atom stereocenters. The fraction of sp³-hybridized carbons (Fsp3) is 0.800. The van der Waals surface area contributed by atoms with Gasteiger partial charge < -0.3 is 15.7 Å². The van der Waals surface area contributed by atoms with Crippen molar-refractivity contribution in [1.29, 1.82) is 0 Å². The van der Waals surface area contributed by atoms with E-state index in [1.165, 1.54) is 0 Å². The summed E-state index contributed by atoms with van der Waals surface area (Å²) in [5.74, 6) is 0. The molecular formula is C5H12N2OS. The summed E-state index contributed by atoms with van der Waals surface area (Å²) in [6, 6.07) is 0. The normalized spacial score (nSPS) is 12.3. The van der Waals surface area contributed by atoms with Gasteiger partial charge in [-0.1, -0.05) is 0 Å². The second-order valence-corrected chi connectivity index (χ2v) is 2.22. The number of aliphatic hydroxyl groups is 1. The molecule has 0 aromatic carbocycles. The van der Waals surface area contributed by atoms with E-state index < -0.39 is 0 Å². The van der Waals surface area contributed by atoms with Gasteiger partial charge in [0.15, 0.2) is 5.11 Å². The summed E-state index contributed by atoms with van der Waals surface area (Å²) in [5, 5.41) is 14.8. The van der Waals surface area contributed by atoms with E-state index in [-0.39, 0.29) is 6.10 Å². The van der Waals surface area contributed by atoms with Crippen molar-refractivity contribution >= 4 is 17.3 Å². The van der Waals surface area contributed by atoms with Crippen molar-refractivity contribution in [2.24, 2.45) is 0 Å². The van der Waals surface area contributed by atoms with Crippen LogP contribution in [0.5, 0.6) is 0 Å². The topological polar surface area (TPSA) is 44.3 Å². The predicted molar refractivity (Wildman–Crippen MR) is 41.3 cm³/mol. The molecule has 0 amide bonds. The number of nitrogens with one attached hydrogen (secondary N) is 2. The Morgan fingerprint density at radius 3 is 2.67 bits per heavy atom. The SMILES string of the molecule is CNC(=S)NC[C@H](C)O. The van der Waals surface area contributed by atoms with Crippen LogP contribution in [-0.4, -0.2) is 29.9 Å². The maximum Gasteiger partial charge on any atom is 0.166 e. The number of rotatable bonds is 2. The Morgan fingerprint density at radius 2 is 2.33 bits per heavy atom. The number of aliphatic hydroxyl groups excluding tert-OH is 1. The van der Waals surface area contributed by atoms with Crippen LogP contribution < -0.4 is 10.6 Å². The highest BCUT2D eigenvalue weighted by atomic mass is 32.1. The van der Waals surface area contributed by atoms with E-state index in [1.54, 1.807) is 14.0 Å². The molecule has 0 aliphatic rings. The van der Waals surface area contributed by atoms with Crippen molar-refractivity contribution in [3.63, 3.8) is 0 Å². The van der Waals surface area contributed by atoms with E-state index in [9.17, 15) is 0 Å². The molecule has 0 radical (unpaired) electrons. The zero-order valence-electron chi connectivity index (χ0n) is 5.64. The summed E-state index contributed by atoms with van der Waals surface area (Å²) in [4.78, 5) is 0. The summed E-state index contributed by atoms with van der Waals surface area (Å²) >= 11 is 4.74. The summed E-state index contributed by atoms with van der Waals surface area (Å²) in [6.07, 6.45) is -0.351. The van der Waals surface area contributed by atoms with Gasteiger partial charge in [-0.05, 0) is 19.1 Å². The van der Waals surface area contributed by atoms with Crippen LogP contribution in [0.4, 0.5) is 0 Å². The zero-order valence-corrected chi connectivity index (χ0v) is 6.46. The van der Waals surface area contributed by atoms with Crippen LogP contribution in [0.3, 0.4) is 0 Å². The molecule has 0 rings (SSSR count). The van der Waals surface area contributed by atoms with Gasteiger partial charge in [0.05, 0.1) is 6.10 Å². The standard InChI is InChI=1S/C5H12N2OS/c1-4(8)3-7-5(9)6-2/h4,8H,3H2,1-2H3,(H2,6,7,9)/t4-/m0/s1. The molecule has 0 heterocycles. The average molecular weight is 148 g/mol. The second-order valence-electron chi connectivity index (χ2n) is 1.81.